The summed E-state index contributed by atoms with van der Waals surface area (Å²) < 4.78 is 54.4. The van der Waals surface area contributed by atoms with Gasteiger partial charge in [-0.2, -0.15) is 0 Å². The standard InChI is InChI=1S/C62H106N10O22/c1-41(2)53-59(83)71-19-11-13-45(71)57(81)65-40-50(76)68-44(38-48(74)64-18-24-88-28-32-92-36-34-90-30-26-86-22-16-52(78)94-62(8,9)10)56(80)70-54(42(3)4)60(84)72-20-12-14-46(72)58(82)66-39-49(75)67-43(55(79)69-53)37-47(73)63-17-23-87-27-31-91-35-33-89-29-25-85-21-15-51(77)93-61(5,6)7/h41-46,53-54H,11-40H2,1-10H3,(H,63,73)(H,64,74)(H,65,81)(H,66,82)(H,67,75)(H,68,76)(H,69,79)(H,70,80)/t43-,44-,45-,46-,53-,54-/m0/s1. The predicted molar refractivity (Wildman–Crippen MR) is 336 cm³/mol. The maximum atomic E-state index is 14.3. The van der Waals surface area contributed by atoms with Crippen molar-refractivity contribution in [1.82, 2.24) is 52.3 Å². The number of amides is 10. The maximum Gasteiger partial charge on any atom is 0.308 e. The Morgan fingerprint density at radius 3 is 1.03 bits per heavy atom. The fourth-order valence-corrected chi connectivity index (χ4v) is 9.64. The fraction of sp³-hybridized carbons (Fsp3) is 0.806. The van der Waals surface area contributed by atoms with Crippen LogP contribution in [0.3, 0.4) is 0 Å². The SMILES string of the molecule is CC(C)[C@@H]1NC(=O)[C@H](CC(=O)NCCOCCOCCOCCOCCC(=O)OC(C)(C)C)NC(=O)CNC(=O)[C@@H]2CCCN2C(=O)[C@H](C(C)C)NC(=O)[C@H](CC(=O)NCCOCCOCCOCCOCCC(=O)OC(C)(C)C)NC(=O)CNC(=O)[C@@H]2CCCN2C1=O. The van der Waals surface area contributed by atoms with Gasteiger partial charge in [0.25, 0.3) is 0 Å². The van der Waals surface area contributed by atoms with Gasteiger partial charge in [-0.15, -0.1) is 0 Å². The van der Waals surface area contributed by atoms with Crippen molar-refractivity contribution < 1.29 is 105 Å². The minimum absolute atomic E-state index is 0.00703. The number of carbonyl (C=O) groups excluding carboxylic acids is 12. The van der Waals surface area contributed by atoms with Gasteiger partial charge in [0.15, 0.2) is 0 Å². The summed E-state index contributed by atoms with van der Waals surface area (Å²) in [4.78, 5) is 165. The van der Waals surface area contributed by atoms with E-state index in [0.29, 0.717) is 52.5 Å². The van der Waals surface area contributed by atoms with Crippen LogP contribution in [-0.4, -0.2) is 273 Å². The first-order chi connectivity index (χ1) is 44.6. The number of esters is 2. The third-order valence-electron chi connectivity index (χ3n) is 14.2. The van der Waals surface area contributed by atoms with Gasteiger partial charge in [-0.05, 0) is 79.1 Å². The lowest BCUT2D eigenvalue weighted by Crippen LogP contribution is -2.60. The van der Waals surface area contributed by atoms with Gasteiger partial charge >= 0.3 is 11.9 Å². The molecule has 0 saturated carbocycles. The molecule has 3 saturated heterocycles. The molecule has 3 fully saturated rings. The lowest BCUT2D eigenvalue weighted by molar-refractivity contribution is -0.157. The zero-order valence-electron chi connectivity index (χ0n) is 56.7. The van der Waals surface area contributed by atoms with Crippen molar-refractivity contribution in [3.8, 4) is 0 Å². The van der Waals surface area contributed by atoms with Crippen LogP contribution in [0.15, 0.2) is 0 Å². The third-order valence-corrected chi connectivity index (χ3v) is 14.2. The van der Waals surface area contributed by atoms with E-state index in [9.17, 15) is 57.5 Å². The Morgan fingerprint density at radius 1 is 0.436 bits per heavy atom. The van der Waals surface area contributed by atoms with Crippen LogP contribution < -0.4 is 42.5 Å². The van der Waals surface area contributed by atoms with Crippen molar-refractivity contribution in [1.29, 1.82) is 0 Å². The highest BCUT2D eigenvalue weighted by molar-refractivity contribution is 6.00. The highest BCUT2D eigenvalue weighted by atomic mass is 16.6. The van der Waals surface area contributed by atoms with E-state index in [-0.39, 0.29) is 130 Å². The smallest absolute Gasteiger partial charge is 0.308 e. The largest absolute Gasteiger partial charge is 0.460 e. The van der Waals surface area contributed by atoms with Gasteiger partial charge in [0.2, 0.25) is 59.1 Å². The Morgan fingerprint density at radius 2 is 0.734 bits per heavy atom. The van der Waals surface area contributed by atoms with E-state index in [1.807, 2.05) is 0 Å². The summed E-state index contributed by atoms with van der Waals surface area (Å²) in [5.41, 5.74) is -1.13. The van der Waals surface area contributed by atoms with Crippen molar-refractivity contribution in [2.75, 3.05) is 145 Å². The Hall–Kier alpha value is -6.68. The van der Waals surface area contributed by atoms with Crippen LogP contribution >= 0.6 is 0 Å². The van der Waals surface area contributed by atoms with E-state index < -0.39 is 144 Å². The molecule has 3 heterocycles. The second kappa shape index (κ2) is 44.1. The van der Waals surface area contributed by atoms with Crippen LogP contribution in [0.2, 0.25) is 0 Å². The highest BCUT2D eigenvalue weighted by Crippen LogP contribution is 2.23. The molecule has 536 valence electrons. The fourth-order valence-electron chi connectivity index (χ4n) is 9.64. The quantitative estimate of drug-likeness (QED) is 0.0250. The topological polar surface area (TPSA) is 400 Å². The van der Waals surface area contributed by atoms with E-state index in [4.69, 9.17) is 47.4 Å². The van der Waals surface area contributed by atoms with Gasteiger partial charge in [-0.3, -0.25) is 57.5 Å². The Bertz CT molecular complexity index is 2260. The average Bonchev–Trinajstić information content (AvgIpc) is 1.63. The molecular weight excluding hydrogens is 1240 g/mol. The van der Waals surface area contributed by atoms with Gasteiger partial charge in [0, 0.05) is 26.2 Å². The number of fused-ring (bicyclic) bond motifs is 2. The molecule has 32 heteroatoms. The molecule has 6 atom stereocenters. The first-order valence-corrected chi connectivity index (χ1v) is 32.5. The molecule has 3 aliphatic heterocycles. The normalized spacial score (nSPS) is 20.9. The van der Waals surface area contributed by atoms with E-state index in [1.54, 1.807) is 69.2 Å². The van der Waals surface area contributed by atoms with Gasteiger partial charge in [0.05, 0.1) is 144 Å². The van der Waals surface area contributed by atoms with Crippen LogP contribution in [0, 0.1) is 11.8 Å². The number of rotatable bonds is 36. The molecule has 10 amide bonds. The Kier molecular flexibility index (Phi) is 38.3. The number of ether oxygens (including phenoxy) is 10. The van der Waals surface area contributed by atoms with Crippen LogP contribution in [0.25, 0.3) is 0 Å². The third kappa shape index (κ3) is 34.1. The summed E-state index contributed by atoms with van der Waals surface area (Å²) in [5.74, 6) is -9.58. The number of hydrogen-bond donors (Lipinski definition) is 8. The number of hydrogen-bond acceptors (Lipinski definition) is 22. The lowest BCUT2D eigenvalue weighted by atomic mass is 10.0. The number of carbonyl (C=O) groups is 12. The molecule has 0 unspecified atom stereocenters. The molecule has 0 aromatic carbocycles. The molecule has 0 aliphatic carbocycles. The molecule has 0 aromatic rings. The van der Waals surface area contributed by atoms with E-state index in [0.717, 1.165) is 0 Å². The van der Waals surface area contributed by atoms with Crippen molar-refractivity contribution >= 4 is 71.0 Å². The first kappa shape index (κ1) is 81.6. The molecule has 3 aliphatic rings. The Labute approximate surface area is 551 Å². The Balaban J connectivity index is 1.61. The van der Waals surface area contributed by atoms with Crippen LogP contribution in [-0.2, 0) is 105 Å². The summed E-state index contributed by atoms with van der Waals surface area (Å²) in [6.07, 6.45) is 0.177. The second-order valence-electron chi connectivity index (χ2n) is 25.2. The minimum Gasteiger partial charge on any atom is -0.460 e. The van der Waals surface area contributed by atoms with E-state index >= 15 is 0 Å². The van der Waals surface area contributed by atoms with Crippen LogP contribution in [0.4, 0.5) is 0 Å². The summed E-state index contributed by atoms with van der Waals surface area (Å²) in [6.45, 7) is 19.8. The van der Waals surface area contributed by atoms with Crippen molar-refractivity contribution in [2.24, 2.45) is 11.8 Å². The van der Waals surface area contributed by atoms with E-state index in [2.05, 4.69) is 42.5 Å². The molecule has 0 aromatic heterocycles. The zero-order valence-corrected chi connectivity index (χ0v) is 56.7. The van der Waals surface area contributed by atoms with Crippen molar-refractivity contribution in [2.45, 2.75) is 168 Å². The van der Waals surface area contributed by atoms with Crippen molar-refractivity contribution in [3.05, 3.63) is 0 Å². The molecule has 0 radical (unpaired) electrons. The number of nitrogens with one attached hydrogen (secondary N) is 8. The summed E-state index contributed by atoms with van der Waals surface area (Å²) in [6, 6.07) is -7.91. The zero-order chi connectivity index (χ0) is 69.6. The predicted octanol–water partition coefficient (Wildman–Crippen LogP) is -1.93. The summed E-state index contributed by atoms with van der Waals surface area (Å²) >= 11 is 0. The lowest BCUT2D eigenvalue weighted by Gasteiger charge is -2.32. The highest BCUT2D eigenvalue weighted by Gasteiger charge is 2.42. The van der Waals surface area contributed by atoms with Gasteiger partial charge in [0.1, 0.15) is 47.5 Å². The maximum absolute atomic E-state index is 14.3. The molecule has 0 spiro atoms. The van der Waals surface area contributed by atoms with Crippen LogP contribution in [0.1, 0.15) is 121 Å². The number of nitrogens with zero attached hydrogens (tertiary/aromatic N) is 2. The summed E-state index contributed by atoms with van der Waals surface area (Å²) in [5, 5.41) is 20.6. The minimum atomic E-state index is -1.58. The van der Waals surface area contributed by atoms with E-state index in [1.165, 1.54) is 9.80 Å². The second-order valence-corrected chi connectivity index (χ2v) is 25.2. The molecule has 3 rings (SSSR count). The molecule has 8 N–H and O–H groups in total. The average molecular weight is 1340 g/mol. The molecular formula is C62H106N10O22. The summed E-state index contributed by atoms with van der Waals surface area (Å²) in [7, 11) is 0. The monoisotopic (exact) mass is 1340 g/mol. The van der Waals surface area contributed by atoms with Gasteiger partial charge < -0.3 is 99.7 Å². The molecule has 0 bridgehead atoms. The van der Waals surface area contributed by atoms with Crippen molar-refractivity contribution in [3.63, 3.8) is 0 Å². The molecule has 94 heavy (non-hydrogen) atoms. The van der Waals surface area contributed by atoms with Gasteiger partial charge in [-0.1, -0.05) is 27.7 Å². The molecule has 32 nitrogen and oxygen atoms in total. The van der Waals surface area contributed by atoms with Gasteiger partial charge in [-0.25, -0.2) is 0 Å². The first-order valence-electron chi connectivity index (χ1n) is 32.5. The van der Waals surface area contributed by atoms with Crippen LogP contribution in [0.5, 0.6) is 0 Å².